The topological polar surface area (TPSA) is 78.5 Å². The maximum absolute atomic E-state index is 12.5. The number of urea groups is 1. The fraction of sp³-hybridized carbons (Fsp3) is 0.190. The molecule has 2 aromatic rings. The number of imide groups is 1. The first-order valence-electron chi connectivity index (χ1n) is 8.77. The number of hydrogen-bond donors (Lipinski definition) is 2. The van der Waals surface area contributed by atoms with E-state index in [4.69, 9.17) is 0 Å². The summed E-state index contributed by atoms with van der Waals surface area (Å²) >= 11 is 0. The van der Waals surface area contributed by atoms with Gasteiger partial charge in [-0.1, -0.05) is 55.0 Å². The van der Waals surface area contributed by atoms with E-state index >= 15 is 0 Å². The van der Waals surface area contributed by atoms with Gasteiger partial charge in [-0.05, 0) is 36.6 Å². The van der Waals surface area contributed by atoms with Gasteiger partial charge in [0.05, 0.1) is 0 Å². The Hall–Kier alpha value is -3.41. The molecule has 4 amide bonds. The zero-order chi connectivity index (χ0) is 19.4. The second kappa shape index (κ2) is 7.86. The number of benzene rings is 2. The molecule has 1 fully saturated rings. The van der Waals surface area contributed by atoms with E-state index in [9.17, 15) is 14.4 Å². The number of nitrogens with one attached hydrogen (secondary N) is 2. The molecule has 1 aliphatic heterocycles. The van der Waals surface area contributed by atoms with E-state index in [2.05, 4.69) is 10.6 Å². The average molecular weight is 363 g/mol. The van der Waals surface area contributed by atoms with Gasteiger partial charge in [-0.15, -0.1) is 0 Å². The van der Waals surface area contributed by atoms with Gasteiger partial charge < -0.3 is 10.6 Å². The number of anilines is 1. The fourth-order valence-electron chi connectivity index (χ4n) is 2.93. The van der Waals surface area contributed by atoms with Crippen molar-refractivity contribution in [3.05, 3.63) is 70.9 Å². The molecule has 0 radical (unpaired) electrons. The van der Waals surface area contributed by atoms with Crippen molar-refractivity contribution in [1.29, 1.82) is 0 Å². The lowest BCUT2D eigenvalue weighted by Gasteiger charge is -2.13. The molecule has 0 unspecified atom stereocenters. The summed E-state index contributed by atoms with van der Waals surface area (Å²) < 4.78 is 0. The molecule has 6 heteroatoms. The summed E-state index contributed by atoms with van der Waals surface area (Å²) in [6, 6.07) is 14.4. The molecule has 1 heterocycles. The summed E-state index contributed by atoms with van der Waals surface area (Å²) in [5.74, 6) is -0.934. The molecule has 3 rings (SSSR count). The van der Waals surface area contributed by atoms with E-state index in [0.717, 1.165) is 28.0 Å². The van der Waals surface area contributed by atoms with Crippen LogP contribution in [0.3, 0.4) is 0 Å². The van der Waals surface area contributed by atoms with Crippen LogP contribution in [-0.2, 0) is 16.0 Å². The number of carbonyl (C=O) groups is 3. The molecular weight excluding hydrogens is 342 g/mol. The quantitative estimate of drug-likeness (QED) is 0.633. The Morgan fingerprint density at radius 3 is 2.67 bits per heavy atom. The van der Waals surface area contributed by atoms with Crippen molar-refractivity contribution in [2.75, 3.05) is 11.9 Å². The van der Waals surface area contributed by atoms with Crippen molar-refractivity contribution in [1.82, 2.24) is 10.2 Å². The van der Waals surface area contributed by atoms with Gasteiger partial charge in [0.15, 0.2) is 0 Å². The number of carbonyl (C=O) groups excluding carboxylic acids is 3. The molecule has 1 aliphatic rings. The Kier molecular flexibility index (Phi) is 5.35. The zero-order valence-corrected chi connectivity index (χ0v) is 15.3. The number of para-hydroxylation sites is 1. The third-order valence-electron chi connectivity index (χ3n) is 4.29. The smallest absolute Gasteiger partial charge is 0.324 e. The van der Waals surface area contributed by atoms with Crippen LogP contribution in [0.4, 0.5) is 10.5 Å². The van der Waals surface area contributed by atoms with Crippen LogP contribution in [0.1, 0.15) is 23.6 Å². The van der Waals surface area contributed by atoms with Crippen molar-refractivity contribution in [3.63, 3.8) is 0 Å². The highest BCUT2D eigenvalue weighted by Crippen LogP contribution is 2.17. The van der Waals surface area contributed by atoms with Crippen LogP contribution in [0.5, 0.6) is 0 Å². The number of nitrogens with zero attached hydrogens (tertiary/aromatic N) is 1. The molecule has 0 aliphatic carbocycles. The Balaban J connectivity index is 1.71. The lowest BCUT2D eigenvalue weighted by molar-refractivity contribution is -0.127. The van der Waals surface area contributed by atoms with Crippen molar-refractivity contribution in [2.24, 2.45) is 0 Å². The second-order valence-electron chi connectivity index (χ2n) is 6.35. The summed E-state index contributed by atoms with van der Waals surface area (Å²) in [6.07, 6.45) is 2.38. The van der Waals surface area contributed by atoms with Gasteiger partial charge >= 0.3 is 6.03 Å². The zero-order valence-electron chi connectivity index (χ0n) is 15.3. The predicted octanol–water partition coefficient (Wildman–Crippen LogP) is 3.09. The van der Waals surface area contributed by atoms with Crippen LogP contribution in [0.25, 0.3) is 6.08 Å². The van der Waals surface area contributed by atoms with Crippen molar-refractivity contribution >= 4 is 29.6 Å². The van der Waals surface area contributed by atoms with Crippen LogP contribution in [0, 0.1) is 6.92 Å². The van der Waals surface area contributed by atoms with Gasteiger partial charge in [0.2, 0.25) is 5.91 Å². The standard InChI is InChI=1S/C21H21N3O3/c1-3-16-9-4-5-10-17(16)22-19(25)13-24-20(26)18(23-21(24)27)12-15-8-6-7-14(2)11-15/h4-12H,3,13H2,1-2H3,(H,22,25)(H,23,27)/b18-12+. The first-order valence-corrected chi connectivity index (χ1v) is 8.77. The normalized spacial score (nSPS) is 15.2. The highest BCUT2D eigenvalue weighted by molar-refractivity contribution is 6.16. The van der Waals surface area contributed by atoms with Crippen LogP contribution < -0.4 is 10.6 Å². The van der Waals surface area contributed by atoms with Crippen LogP contribution in [-0.4, -0.2) is 29.3 Å². The molecule has 1 saturated heterocycles. The van der Waals surface area contributed by atoms with Gasteiger partial charge in [-0.3, -0.25) is 9.59 Å². The molecule has 2 aromatic carbocycles. The molecule has 6 nitrogen and oxygen atoms in total. The van der Waals surface area contributed by atoms with Crippen LogP contribution in [0.15, 0.2) is 54.2 Å². The lowest BCUT2D eigenvalue weighted by atomic mass is 10.1. The highest BCUT2D eigenvalue weighted by atomic mass is 16.2. The number of hydrogen-bond acceptors (Lipinski definition) is 3. The Morgan fingerprint density at radius 2 is 1.93 bits per heavy atom. The van der Waals surface area contributed by atoms with Crippen molar-refractivity contribution < 1.29 is 14.4 Å². The van der Waals surface area contributed by atoms with Crippen molar-refractivity contribution in [3.8, 4) is 0 Å². The van der Waals surface area contributed by atoms with Crippen molar-refractivity contribution in [2.45, 2.75) is 20.3 Å². The number of rotatable bonds is 5. The molecular formula is C21H21N3O3. The summed E-state index contributed by atoms with van der Waals surface area (Å²) in [5, 5.41) is 5.30. The molecule has 0 bridgehead atoms. The lowest BCUT2D eigenvalue weighted by Crippen LogP contribution is -2.38. The maximum Gasteiger partial charge on any atom is 0.329 e. The van der Waals surface area contributed by atoms with Crippen LogP contribution in [0.2, 0.25) is 0 Å². The Bertz CT molecular complexity index is 934. The third kappa shape index (κ3) is 4.23. The second-order valence-corrected chi connectivity index (χ2v) is 6.35. The highest BCUT2D eigenvalue weighted by Gasteiger charge is 2.34. The van der Waals surface area contributed by atoms with Gasteiger partial charge in [0, 0.05) is 5.69 Å². The molecule has 27 heavy (non-hydrogen) atoms. The monoisotopic (exact) mass is 363 g/mol. The van der Waals surface area contributed by atoms with E-state index in [1.807, 2.05) is 56.3 Å². The van der Waals surface area contributed by atoms with Gasteiger partial charge in [-0.2, -0.15) is 0 Å². The summed E-state index contributed by atoms with van der Waals surface area (Å²) in [5.41, 5.74) is 3.69. The molecule has 0 aromatic heterocycles. The molecule has 0 spiro atoms. The Morgan fingerprint density at radius 1 is 1.15 bits per heavy atom. The van der Waals surface area contributed by atoms with Gasteiger partial charge in [-0.25, -0.2) is 9.69 Å². The van der Waals surface area contributed by atoms with Gasteiger partial charge in [0.1, 0.15) is 12.2 Å². The minimum absolute atomic E-state index is 0.160. The minimum atomic E-state index is -0.599. The first-order chi connectivity index (χ1) is 13.0. The number of aryl methyl sites for hydroxylation is 2. The van der Waals surface area contributed by atoms with Crippen LogP contribution >= 0.6 is 0 Å². The van der Waals surface area contributed by atoms with E-state index in [-0.39, 0.29) is 12.2 Å². The summed E-state index contributed by atoms with van der Waals surface area (Å²) in [7, 11) is 0. The van der Waals surface area contributed by atoms with E-state index in [1.54, 1.807) is 12.1 Å². The summed E-state index contributed by atoms with van der Waals surface area (Å²) in [6.45, 7) is 3.60. The SMILES string of the molecule is CCc1ccccc1NC(=O)CN1C(=O)N/C(=C/c2cccc(C)c2)C1=O. The molecule has 0 saturated carbocycles. The third-order valence-corrected chi connectivity index (χ3v) is 4.29. The van der Waals surface area contributed by atoms with E-state index in [0.29, 0.717) is 5.69 Å². The fourth-order valence-corrected chi connectivity index (χ4v) is 2.93. The van der Waals surface area contributed by atoms with Gasteiger partial charge in [0.25, 0.3) is 5.91 Å². The van der Waals surface area contributed by atoms with E-state index < -0.39 is 17.8 Å². The van der Waals surface area contributed by atoms with E-state index in [1.165, 1.54) is 0 Å². The molecule has 138 valence electrons. The molecule has 0 atom stereocenters. The predicted molar refractivity (Wildman–Crippen MR) is 104 cm³/mol. The first kappa shape index (κ1) is 18.4. The average Bonchev–Trinajstić information content (AvgIpc) is 2.89. The summed E-state index contributed by atoms with van der Waals surface area (Å²) in [4.78, 5) is 37.9. The Labute approximate surface area is 157 Å². The minimum Gasteiger partial charge on any atom is -0.324 e. The maximum atomic E-state index is 12.5. The number of amides is 4. The molecule has 2 N–H and O–H groups in total. The largest absolute Gasteiger partial charge is 0.329 e.